The van der Waals surface area contributed by atoms with E-state index >= 15 is 0 Å². The average Bonchev–Trinajstić information content (AvgIpc) is 2.72. The van der Waals surface area contributed by atoms with E-state index in [0.717, 1.165) is 31.6 Å². The first-order valence-corrected chi connectivity index (χ1v) is 11.8. The molecule has 0 saturated carbocycles. The fraction of sp³-hybridized carbons (Fsp3) is 0.381. The van der Waals surface area contributed by atoms with Gasteiger partial charge in [0.15, 0.2) is 6.61 Å². The minimum Gasteiger partial charge on any atom is -0.483 e. The van der Waals surface area contributed by atoms with E-state index in [2.05, 4.69) is 4.90 Å². The fourth-order valence-electron chi connectivity index (χ4n) is 3.39. The van der Waals surface area contributed by atoms with E-state index in [1.807, 2.05) is 0 Å². The summed E-state index contributed by atoms with van der Waals surface area (Å²) < 4.78 is 50.0. The van der Waals surface area contributed by atoms with Crippen LogP contribution in [0.5, 0.6) is 5.75 Å². The molecule has 2 aromatic carbocycles. The lowest BCUT2D eigenvalue weighted by Crippen LogP contribution is -2.50. The van der Waals surface area contributed by atoms with Crippen molar-refractivity contribution in [1.29, 1.82) is 0 Å². The second-order valence-corrected chi connectivity index (χ2v) is 9.25. The second kappa shape index (κ2) is 10.4. The molecule has 0 bridgehead atoms. The number of carbonyl (C=O) groups is 1. The van der Waals surface area contributed by atoms with Crippen LogP contribution in [0, 0.1) is 5.82 Å². The molecule has 0 radical (unpaired) electrons. The summed E-state index contributed by atoms with van der Waals surface area (Å²) in [5, 5.41) is 0.300. The first kappa shape index (κ1) is 23.5. The van der Waals surface area contributed by atoms with E-state index in [1.165, 1.54) is 30.3 Å². The number of nitrogens with zero attached hydrogens (tertiary/aromatic N) is 2. The third kappa shape index (κ3) is 7.46. The van der Waals surface area contributed by atoms with Gasteiger partial charge in [-0.15, -0.1) is 0 Å². The van der Waals surface area contributed by atoms with Gasteiger partial charge in [-0.1, -0.05) is 23.7 Å². The summed E-state index contributed by atoms with van der Waals surface area (Å²) in [4.78, 5) is 16.5. The maximum Gasteiger partial charge on any atom is 0.269 e. The molecule has 168 valence electrons. The monoisotopic (exact) mass is 470 g/mol. The predicted molar refractivity (Wildman–Crippen MR) is 115 cm³/mol. The highest BCUT2D eigenvalue weighted by Gasteiger charge is 2.22. The number of carbonyl (C=O) groups excluding carboxylic acids is 1. The summed E-state index contributed by atoms with van der Waals surface area (Å²) in [6.45, 7) is 3.15. The molecular weight excluding hydrogens is 447 g/mol. The topological polar surface area (TPSA) is 87.1 Å². The molecule has 10 heteroatoms. The molecule has 0 spiro atoms. The number of halogens is 2. The Hall–Kier alpha value is -2.20. The van der Waals surface area contributed by atoms with Gasteiger partial charge >= 0.3 is 0 Å². The summed E-state index contributed by atoms with van der Waals surface area (Å²) in [6.07, 6.45) is 0.810. The Bertz CT molecular complexity index is 1010. The predicted octanol–water partition coefficient (Wildman–Crippen LogP) is 2.63. The third-order valence-electron chi connectivity index (χ3n) is 5.07. The van der Waals surface area contributed by atoms with Crippen LogP contribution in [-0.4, -0.2) is 68.0 Å². The zero-order valence-corrected chi connectivity index (χ0v) is 18.4. The Morgan fingerprint density at radius 3 is 2.42 bits per heavy atom. The van der Waals surface area contributed by atoms with Gasteiger partial charge < -0.3 is 9.64 Å². The van der Waals surface area contributed by atoms with Crippen LogP contribution >= 0.6 is 11.6 Å². The lowest BCUT2D eigenvalue weighted by atomic mass is 10.1. The molecule has 0 unspecified atom stereocenters. The lowest BCUT2D eigenvalue weighted by Gasteiger charge is -2.34. The van der Waals surface area contributed by atoms with Crippen LogP contribution < -0.4 is 4.74 Å². The van der Waals surface area contributed by atoms with Crippen molar-refractivity contribution < 1.29 is 26.9 Å². The first-order chi connectivity index (χ1) is 14.7. The maximum absolute atomic E-state index is 13.0. The molecule has 0 atom stereocenters. The Morgan fingerprint density at radius 2 is 1.77 bits per heavy atom. The normalized spacial score (nSPS) is 15.1. The Labute approximate surface area is 186 Å². The van der Waals surface area contributed by atoms with Gasteiger partial charge in [-0.2, -0.15) is 8.42 Å². The number of ether oxygens (including phenoxy) is 1. The fourth-order valence-corrected chi connectivity index (χ4v) is 4.20. The highest BCUT2D eigenvalue weighted by atomic mass is 35.5. The smallest absolute Gasteiger partial charge is 0.269 e. The summed E-state index contributed by atoms with van der Waals surface area (Å²) in [5.41, 5.74) is 1.25. The molecule has 1 N–H and O–H groups in total. The Kier molecular flexibility index (Phi) is 7.88. The van der Waals surface area contributed by atoms with Gasteiger partial charge in [0.1, 0.15) is 17.3 Å². The number of rotatable bonds is 8. The molecule has 1 heterocycles. The van der Waals surface area contributed by atoms with Crippen molar-refractivity contribution in [1.82, 2.24) is 9.80 Å². The van der Waals surface area contributed by atoms with Gasteiger partial charge in [0.25, 0.3) is 16.0 Å². The zero-order valence-electron chi connectivity index (χ0n) is 16.8. The Morgan fingerprint density at radius 1 is 1.10 bits per heavy atom. The molecule has 1 amide bonds. The molecule has 0 aromatic heterocycles. The molecular formula is C21H24ClFN2O5S. The summed E-state index contributed by atoms with van der Waals surface area (Å²) in [5.74, 6) is -0.912. The molecule has 31 heavy (non-hydrogen) atoms. The van der Waals surface area contributed by atoms with E-state index < -0.39 is 15.9 Å². The van der Waals surface area contributed by atoms with Crippen molar-refractivity contribution in [2.45, 2.75) is 12.2 Å². The molecule has 3 rings (SSSR count). The van der Waals surface area contributed by atoms with Crippen molar-refractivity contribution in [3.63, 3.8) is 0 Å². The van der Waals surface area contributed by atoms with Crippen molar-refractivity contribution in [3.05, 3.63) is 64.4 Å². The second-order valence-electron chi connectivity index (χ2n) is 7.37. The number of hydrogen-bond acceptors (Lipinski definition) is 5. The molecule has 2 aromatic rings. The molecule has 1 fully saturated rings. The minimum absolute atomic E-state index is 0.188. The minimum atomic E-state index is -4.27. The molecule has 1 aliphatic heterocycles. The molecule has 1 aliphatic rings. The van der Waals surface area contributed by atoms with Gasteiger partial charge in [-0.25, -0.2) is 4.39 Å². The van der Waals surface area contributed by atoms with Crippen molar-refractivity contribution in [2.24, 2.45) is 0 Å². The van der Waals surface area contributed by atoms with E-state index in [1.54, 1.807) is 17.0 Å². The number of piperazine rings is 1. The van der Waals surface area contributed by atoms with Crippen molar-refractivity contribution in [2.75, 3.05) is 39.3 Å². The van der Waals surface area contributed by atoms with Gasteiger partial charge in [-0.3, -0.25) is 14.2 Å². The molecule has 0 aliphatic carbocycles. The van der Waals surface area contributed by atoms with Gasteiger partial charge in [0.2, 0.25) is 0 Å². The van der Waals surface area contributed by atoms with E-state index in [-0.39, 0.29) is 29.6 Å². The molecule has 7 nitrogen and oxygen atoms in total. The standard InChI is InChI=1S/C21H24ClFN2O5S/c22-18-3-6-20(17(13-18)15-31(27,28)29)30-14-21(26)25-11-9-24(10-12-25)8-7-16-1-4-19(23)5-2-16/h1-6,13H,7-12,14-15H2,(H,27,28,29). The lowest BCUT2D eigenvalue weighted by molar-refractivity contribution is -0.135. The van der Waals surface area contributed by atoms with Crippen LogP contribution in [0.1, 0.15) is 11.1 Å². The average molecular weight is 471 g/mol. The third-order valence-corrected chi connectivity index (χ3v) is 5.98. The van der Waals surface area contributed by atoms with Crippen LogP contribution in [-0.2, 0) is 27.1 Å². The quantitative estimate of drug-likeness (QED) is 0.597. The highest BCUT2D eigenvalue weighted by Crippen LogP contribution is 2.25. The number of amides is 1. The Balaban J connectivity index is 1.46. The van der Waals surface area contributed by atoms with Crippen LogP contribution in [0.25, 0.3) is 0 Å². The largest absolute Gasteiger partial charge is 0.483 e. The molecule has 1 saturated heterocycles. The van der Waals surface area contributed by atoms with Crippen LogP contribution in [0.2, 0.25) is 5.02 Å². The van der Waals surface area contributed by atoms with E-state index in [4.69, 9.17) is 20.9 Å². The number of hydrogen-bond donors (Lipinski definition) is 1. The number of benzene rings is 2. The van der Waals surface area contributed by atoms with Crippen molar-refractivity contribution >= 4 is 27.6 Å². The SMILES string of the molecule is O=C(COc1ccc(Cl)cc1CS(=O)(=O)O)N1CCN(CCc2ccc(F)cc2)CC1. The van der Waals surface area contributed by atoms with Crippen LogP contribution in [0.3, 0.4) is 0 Å². The zero-order chi connectivity index (χ0) is 22.4. The highest BCUT2D eigenvalue weighted by molar-refractivity contribution is 7.85. The summed E-state index contributed by atoms with van der Waals surface area (Å²) >= 11 is 5.89. The van der Waals surface area contributed by atoms with Gasteiger partial charge in [0, 0.05) is 43.3 Å². The van der Waals surface area contributed by atoms with E-state index in [9.17, 15) is 17.6 Å². The summed E-state index contributed by atoms with van der Waals surface area (Å²) in [7, 11) is -4.27. The van der Waals surface area contributed by atoms with Gasteiger partial charge in [0.05, 0.1) is 0 Å². The first-order valence-electron chi connectivity index (χ1n) is 9.80. The van der Waals surface area contributed by atoms with Crippen molar-refractivity contribution in [3.8, 4) is 5.75 Å². The van der Waals surface area contributed by atoms with Crippen LogP contribution in [0.15, 0.2) is 42.5 Å². The van der Waals surface area contributed by atoms with E-state index in [0.29, 0.717) is 18.1 Å². The van der Waals surface area contributed by atoms with Crippen LogP contribution in [0.4, 0.5) is 4.39 Å². The van der Waals surface area contributed by atoms with Gasteiger partial charge in [-0.05, 0) is 42.3 Å². The maximum atomic E-state index is 13.0. The summed E-state index contributed by atoms with van der Waals surface area (Å²) in [6, 6.07) is 10.8.